The minimum atomic E-state index is -1.03. The summed E-state index contributed by atoms with van der Waals surface area (Å²) in [5, 5.41) is 10.3. The average Bonchev–Trinajstić information content (AvgIpc) is 4.19. The van der Waals surface area contributed by atoms with Gasteiger partial charge in [0, 0.05) is 82.9 Å². The summed E-state index contributed by atoms with van der Waals surface area (Å²) in [6, 6.07) is 45.5. The van der Waals surface area contributed by atoms with Gasteiger partial charge in [-0.05, 0) is 112 Å². The summed E-state index contributed by atoms with van der Waals surface area (Å²) in [4.78, 5) is 36.6. The number of likely N-dealkylation sites (tertiary alicyclic amines) is 1. The van der Waals surface area contributed by atoms with Gasteiger partial charge < -0.3 is 24.9 Å². The van der Waals surface area contributed by atoms with Gasteiger partial charge >= 0.3 is 0 Å². The molecule has 3 fully saturated rings. The van der Waals surface area contributed by atoms with Gasteiger partial charge in [0.05, 0.1) is 11.1 Å². The highest BCUT2D eigenvalue weighted by Gasteiger charge is 2.48. The maximum absolute atomic E-state index is 14.4. The van der Waals surface area contributed by atoms with Crippen molar-refractivity contribution >= 4 is 33.4 Å². The molecule has 65 heavy (non-hydrogen) atoms. The molecule has 4 aromatic carbocycles. The number of nitrogens with zero attached hydrogens (tertiary/aromatic N) is 4. The Bertz CT molecular complexity index is 2660. The Balaban J connectivity index is 1.04. The number of hydrogen-bond donors (Lipinski definition) is 2. The zero-order valence-corrected chi connectivity index (χ0v) is 39.1. The Morgan fingerprint density at radius 1 is 0.815 bits per heavy atom. The molecule has 3 aliphatic heterocycles. The fourth-order valence-electron chi connectivity index (χ4n) is 11.0. The summed E-state index contributed by atoms with van der Waals surface area (Å²) >= 11 is 1.74. The lowest BCUT2D eigenvalue weighted by Gasteiger charge is -2.34. The van der Waals surface area contributed by atoms with Crippen LogP contribution in [0.15, 0.2) is 145 Å². The first-order valence-corrected chi connectivity index (χ1v) is 24.3. The molecule has 3 saturated heterocycles. The van der Waals surface area contributed by atoms with Gasteiger partial charge in [0.1, 0.15) is 4.83 Å². The van der Waals surface area contributed by atoms with E-state index in [4.69, 9.17) is 9.99 Å². The van der Waals surface area contributed by atoms with E-state index in [1.807, 2.05) is 30.6 Å². The third-order valence-corrected chi connectivity index (χ3v) is 15.8. The average molecular weight is 881 g/mol. The summed E-state index contributed by atoms with van der Waals surface area (Å²) in [7, 11) is 0. The molecular weight excluding hydrogens is 821 g/mol. The van der Waals surface area contributed by atoms with E-state index in [-0.39, 0.29) is 11.8 Å². The number of thiophene rings is 1. The molecule has 6 heterocycles. The molecular formula is C56H60N6O2S. The predicted molar refractivity (Wildman–Crippen MR) is 264 cm³/mol. The van der Waals surface area contributed by atoms with E-state index in [9.17, 15) is 4.79 Å². The van der Waals surface area contributed by atoms with E-state index in [1.54, 1.807) is 11.3 Å². The number of guanidine groups is 1. The predicted octanol–water partition coefficient (Wildman–Crippen LogP) is 11.8. The van der Waals surface area contributed by atoms with Gasteiger partial charge in [0.15, 0.2) is 0 Å². The molecule has 0 spiro atoms. The number of aromatic amines is 1. The minimum absolute atomic E-state index is 0.0428. The summed E-state index contributed by atoms with van der Waals surface area (Å²) in [6.07, 6.45) is 9.30. The second-order valence-corrected chi connectivity index (χ2v) is 20.3. The van der Waals surface area contributed by atoms with Crippen LogP contribution in [0, 0.1) is 13.8 Å². The van der Waals surface area contributed by atoms with Crippen LogP contribution in [0.3, 0.4) is 0 Å². The van der Waals surface area contributed by atoms with Crippen molar-refractivity contribution in [3.63, 3.8) is 0 Å². The normalized spacial score (nSPS) is 19.3. The van der Waals surface area contributed by atoms with Crippen molar-refractivity contribution in [1.82, 2.24) is 25.1 Å². The van der Waals surface area contributed by atoms with Crippen molar-refractivity contribution in [2.45, 2.75) is 102 Å². The van der Waals surface area contributed by atoms with E-state index >= 15 is 0 Å². The topological polar surface area (TPSA) is 85.8 Å². The quantitative estimate of drug-likeness (QED) is 0.0553. The highest BCUT2D eigenvalue weighted by atomic mass is 32.1. The van der Waals surface area contributed by atoms with Gasteiger partial charge in [-0.25, -0.2) is 0 Å². The van der Waals surface area contributed by atoms with Crippen molar-refractivity contribution in [3.8, 4) is 11.3 Å². The largest absolute Gasteiger partial charge is 0.371 e. The van der Waals surface area contributed by atoms with Gasteiger partial charge in [0.25, 0.3) is 0 Å². The standard InChI is InChI=1S/C56H60N6O2S/c1-37-31-38(2)33-42(32-37)51-50(48-34-49(65-52(48)59-51)55(4,5)53(63)62-46-21-22-47(62)24-23-46)39(3)35-58-54(61-30-27-41(36-61)40-25-28-57-29-26-40)60-64-56(43-15-9-6-10-16-43,44-17-11-7-12-18-44)45-19-13-8-14-20-45/h6-20,25-26,28-29,31-34,39,41,46-47,59H,21-24,27,30,35-36H2,1-5H3,(H,58,60)/t39-,41?,46?,47?/m1/s1. The van der Waals surface area contributed by atoms with Crippen molar-refractivity contribution in [1.29, 1.82) is 0 Å². The van der Waals surface area contributed by atoms with Crippen LogP contribution in [0.1, 0.15) is 109 Å². The molecule has 7 aromatic rings. The zero-order valence-electron chi connectivity index (χ0n) is 38.3. The molecule has 1 unspecified atom stereocenters. The molecule has 10 rings (SSSR count). The Labute approximate surface area is 387 Å². The van der Waals surface area contributed by atoms with Crippen LogP contribution in [-0.4, -0.2) is 63.4 Å². The highest BCUT2D eigenvalue weighted by Crippen LogP contribution is 2.46. The number of carbonyl (C=O) groups excluding carboxylic acids is 1. The van der Waals surface area contributed by atoms with Crippen LogP contribution < -0.4 is 5.32 Å². The van der Waals surface area contributed by atoms with Gasteiger partial charge in [-0.1, -0.05) is 115 Å². The number of aromatic nitrogens is 2. The molecule has 2 N–H and O–H groups in total. The Morgan fingerprint density at radius 3 is 1.95 bits per heavy atom. The number of H-pyrrole nitrogens is 1. The fourth-order valence-corrected chi connectivity index (χ4v) is 12.2. The van der Waals surface area contributed by atoms with Crippen molar-refractivity contribution in [2.24, 2.45) is 5.16 Å². The molecule has 2 atom stereocenters. The second-order valence-electron chi connectivity index (χ2n) is 19.2. The molecule has 1 amide bonds. The van der Waals surface area contributed by atoms with Crippen LogP contribution >= 0.6 is 11.3 Å². The first-order valence-electron chi connectivity index (χ1n) is 23.5. The van der Waals surface area contributed by atoms with Gasteiger partial charge in [-0.2, -0.15) is 0 Å². The van der Waals surface area contributed by atoms with Gasteiger partial charge in [0.2, 0.25) is 17.5 Å². The maximum Gasteiger partial charge on any atom is 0.236 e. The zero-order chi connectivity index (χ0) is 44.7. The summed E-state index contributed by atoms with van der Waals surface area (Å²) in [5.41, 5.74) is 8.60. The highest BCUT2D eigenvalue weighted by molar-refractivity contribution is 7.19. The van der Waals surface area contributed by atoms with E-state index in [0.29, 0.717) is 30.5 Å². The lowest BCUT2D eigenvalue weighted by atomic mass is 9.80. The Hall–Kier alpha value is -6.19. The Morgan fingerprint density at radius 2 is 1.38 bits per heavy atom. The van der Waals surface area contributed by atoms with E-state index in [1.165, 1.54) is 33.2 Å². The number of aryl methyl sites for hydroxylation is 2. The molecule has 8 nitrogen and oxygen atoms in total. The minimum Gasteiger partial charge on any atom is -0.371 e. The first-order chi connectivity index (χ1) is 31.6. The summed E-state index contributed by atoms with van der Waals surface area (Å²) in [5.74, 6) is 1.35. The molecule has 9 heteroatoms. The third-order valence-electron chi connectivity index (χ3n) is 14.4. The van der Waals surface area contributed by atoms with Crippen molar-refractivity contribution in [3.05, 3.63) is 184 Å². The fraction of sp³-hybridized carbons (Fsp3) is 0.339. The van der Waals surface area contributed by atoms with E-state index < -0.39 is 11.0 Å². The summed E-state index contributed by atoms with van der Waals surface area (Å²) in [6.45, 7) is 13.1. The van der Waals surface area contributed by atoms with Crippen LogP contribution in [0.5, 0.6) is 0 Å². The van der Waals surface area contributed by atoms with Gasteiger partial charge in [-0.15, -0.1) is 11.3 Å². The molecule has 3 aliphatic rings. The number of fused-ring (bicyclic) bond motifs is 3. The molecule has 0 radical (unpaired) electrons. The van der Waals surface area contributed by atoms with Crippen molar-refractivity contribution < 1.29 is 9.63 Å². The SMILES string of the molecule is Cc1cc(C)cc(-c2[nH]c3sc(C(C)(C)C(=O)N4C5CCC4CC5)cc3c2[C@H](C)CN/C(=N/OC(c2ccccc2)(c2ccccc2)c2ccccc2)N2CCC(c3ccncc3)C2)c1. The molecule has 0 saturated carbocycles. The van der Waals surface area contributed by atoms with Crippen LogP contribution in [0.25, 0.3) is 21.5 Å². The number of oxime groups is 1. The van der Waals surface area contributed by atoms with Crippen LogP contribution in [0.4, 0.5) is 0 Å². The first kappa shape index (κ1) is 42.7. The van der Waals surface area contributed by atoms with Crippen LogP contribution in [0.2, 0.25) is 0 Å². The van der Waals surface area contributed by atoms with E-state index in [2.05, 4.69) is 169 Å². The number of nitrogens with one attached hydrogen (secondary N) is 2. The van der Waals surface area contributed by atoms with Gasteiger partial charge in [-0.3, -0.25) is 9.78 Å². The summed E-state index contributed by atoms with van der Waals surface area (Å²) < 4.78 is 0. The number of carbonyl (C=O) groups is 1. The molecule has 332 valence electrons. The molecule has 3 aromatic heterocycles. The van der Waals surface area contributed by atoms with Crippen LogP contribution in [-0.2, 0) is 20.6 Å². The number of hydrogen-bond acceptors (Lipinski definition) is 5. The number of pyridine rings is 1. The van der Waals surface area contributed by atoms with E-state index in [0.717, 1.165) is 77.3 Å². The monoisotopic (exact) mass is 880 g/mol. The molecule has 2 bridgehead atoms. The number of rotatable bonds is 12. The Kier molecular flexibility index (Phi) is 11.6. The number of benzene rings is 4. The maximum atomic E-state index is 14.4. The lowest BCUT2D eigenvalue weighted by molar-refractivity contribution is -0.137. The third kappa shape index (κ3) is 8.02. The second kappa shape index (κ2) is 17.7. The molecule has 0 aliphatic carbocycles. The van der Waals surface area contributed by atoms with Crippen molar-refractivity contribution in [2.75, 3.05) is 19.6 Å². The number of amides is 1. The lowest BCUT2D eigenvalue weighted by Crippen LogP contribution is -2.45. The smallest absolute Gasteiger partial charge is 0.236 e.